The molecule has 166 valence electrons. The molecule has 2 rings (SSSR count). The summed E-state index contributed by atoms with van der Waals surface area (Å²) in [6, 6.07) is 4.89. The molecule has 0 aliphatic rings. The van der Waals surface area contributed by atoms with Gasteiger partial charge in [0, 0.05) is 12.1 Å². The molecule has 0 fully saturated rings. The summed E-state index contributed by atoms with van der Waals surface area (Å²) in [5.41, 5.74) is -5.25. The van der Waals surface area contributed by atoms with E-state index in [9.17, 15) is 46.6 Å². The number of aryl methyl sites for hydroxylation is 1. The number of hydrogen-bond acceptors (Lipinski definition) is 8. The predicted octanol–water partition coefficient (Wildman–Crippen LogP) is 3.87. The minimum Gasteiger partial charge on any atom is -0.297 e. The number of carbonyl (C=O) groups excluding carboxylic acids is 1. The second-order valence-corrected chi connectivity index (χ2v) is 7.87. The van der Waals surface area contributed by atoms with Crippen LogP contribution in [0.15, 0.2) is 41.3 Å². The molecule has 0 aliphatic carbocycles. The van der Waals surface area contributed by atoms with Gasteiger partial charge >= 0.3 is 6.18 Å². The summed E-state index contributed by atoms with van der Waals surface area (Å²) >= 11 is 0. The van der Waals surface area contributed by atoms with E-state index in [1.807, 2.05) is 0 Å². The highest BCUT2D eigenvalue weighted by Gasteiger charge is 2.42. The molecule has 31 heavy (non-hydrogen) atoms. The Bertz CT molecular complexity index is 1130. The van der Waals surface area contributed by atoms with Gasteiger partial charge in [-0.05, 0) is 26.0 Å². The van der Waals surface area contributed by atoms with Crippen molar-refractivity contribution in [3.8, 4) is 0 Å². The lowest BCUT2D eigenvalue weighted by Crippen LogP contribution is -2.21. The van der Waals surface area contributed by atoms with Crippen molar-refractivity contribution in [2.45, 2.75) is 31.0 Å². The standard InChI is InChI=1S/C17H13F3N2O8S/c1-9-3-5-12(6-4-9)31(28,29)30-16(10(2)23)15-13(21(24)25)7-11(17(18,19)20)8-14(15)22(26)27/h3-8,16H,1-2H3. The minimum atomic E-state index is -5.19. The molecule has 1 unspecified atom stereocenters. The number of nitrogens with zero attached hydrogens (tertiary/aromatic N) is 2. The second kappa shape index (κ2) is 8.39. The first kappa shape index (κ1) is 23.9. The van der Waals surface area contributed by atoms with Gasteiger partial charge in [0.25, 0.3) is 21.5 Å². The normalized spacial score (nSPS) is 12.9. The predicted molar refractivity (Wildman–Crippen MR) is 97.6 cm³/mol. The van der Waals surface area contributed by atoms with Crippen molar-refractivity contribution in [1.29, 1.82) is 0 Å². The van der Waals surface area contributed by atoms with E-state index in [2.05, 4.69) is 0 Å². The number of nitro benzene ring substituents is 2. The van der Waals surface area contributed by atoms with Gasteiger partial charge in [-0.2, -0.15) is 21.6 Å². The van der Waals surface area contributed by atoms with Crippen molar-refractivity contribution in [2.75, 3.05) is 0 Å². The maximum atomic E-state index is 13.1. The number of carbonyl (C=O) groups is 1. The molecule has 0 aromatic heterocycles. The van der Waals surface area contributed by atoms with Crippen LogP contribution in [0.1, 0.15) is 29.7 Å². The number of halogens is 3. The molecule has 0 N–H and O–H groups in total. The van der Waals surface area contributed by atoms with Gasteiger partial charge in [0.05, 0.1) is 20.3 Å². The Morgan fingerprint density at radius 2 is 1.48 bits per heavy atom. The third-order valence-corrected chi connectivity index (χ3v) is 5.32. The molecule has 2 aromatic rings. The maximum Gasteiger partial charge on any atom is 0.416 e. The minimum absolute atomic E-state index is 0.0276. The van der Waals surface area contributed by atoms with E-state index >= 15 is 0 Å². The number of alkyl halides is 3. The fourth-order valence-corrected chi connectivity index (χ4v) is 3.63. The lowest BCUT2D eigenvalue weighted by Gasteiger charge is -2.17. The third-order valence-electron chi connectivity index (χ3n) is 4.02. The van der Waals surface area contributed by atoms with E-state index in [1.54, 1.807) is 6.92 Å². The van der Waals surface area contributed by atoms with Crippen LogP contribution in [-0.2, 0) is 25.3 Å². The molecule has 0 amide bonds. The lowest BCUT2D eigenvalue weighted by atomic mass is 9.99. The van der Waals surface area contributed by atoms with Crippen LogP contribution in [0.3, 0.4) is 0 Å². The smallest absolute Gasteiger partial charge is 0.297 e. The highest BCUT2D eigenvalue weighted by Crippen LogP contribution is 2.42. The molecule has 0 radical (unpaired) electrons. The Labute approximate surface area is 172 Å². The fraction of sp³-hybridized carbons (Fsp3) is 0.235. The van der Waals surface area contributed by atoms with Gasteiger partial charge in [-0.3, -0.25) is 25.0 Å². The molecule has 0 saturated heterocycles. The number of nitro groups is 2. The molecule has 2 aromatic carbocycles. The van der Waals surface area contributed by atoms with Crippen LogP contribution in [0.2, 0.25) is 0 Å². The summed E-state index contributed by atoms with van der Waals surface area (Å²) in [6.07, 6.45) is -7.62. The summed E-state index contributed by atoms with van der Waals surface area (Å²) < 4.78 is 69.0. The van der Waals surface area contributed by atoms with Crippen LogP contribution in [0.25, 0.3) is 0 Å². The number of rotatable bonds is 7. The molecular weight excluding hydrogens is 449 g/mol. The van der Waals surface area contributed by atoms with Crippen molar-refractivity contribution in [1.82, 2.24) is 0 Å². The highest BCUT2D eigenvalue weighted by atomic mass is 32.2. The summed E-state index contributed by atoms with van der Waals surface area (Å²) in [5.74, 6) is -1.22. The van der Waals surface area contributed by atoms with Gasteiger partial charge in [0.1, 0.15) is 5.56 Å². The molecule has 0 saturated carbocycles. The quantitative estimate of drug-likeness (QED) is 0.342. The molecule has 0 spiro atoms. The molecule has 0 bridgehead atoms. The number of Topliss-reactive ketones (excluding diaryl/α,β-unsaturated/α-hetero) is 1. The first-order valence-electron chi connectivity index (χ1n) is 8.19. The monoisotopic (exact) mass is 462 g/mol. The zero-order valence-electron chi connectivity index (χ0n) is 15.7. The molecule has 0 heterocycles. The summed E-state index contributed by atoms with van der Waals surface area (Å²) in [6.45, 7) is 2.37. The summed E-state index contributed by atoms with van der Waals surface area (Å²) in [5, 5.41) is 22.8. The topological polar surface area (TPSA) is 147 Å². The number of hydrogen-bond donors (Lipinski definition) is 0. The van der Waals surface area contributed by atoms with Gasteiger partial charge in [-0.15, -0.1) is 0 Å². The van der Waals surface area contributed by atoms with Gasteiger partial charge in [0.2, 0.25) is 0 Å². The average Bonchev–Trinajstić information content (AvgIpc) is 2.64. The van der Waals surface area contributed by atoms with Crippen molar-refractivity contribution < 1.29 is 40.4 Å². The third kappa shape index (κ3) is 5.21. The zero-order chi connectivity index (χ0) is 23.7. The molecule has 10 nitrogen and oxygen atoms in total. The largest absolute Gasteiger partial charge is 0.416 e. The van der Waals surface area contributed by atoms with Crippen molar-refractivity contribution >= 4 is 27.3 Å². The van der Waals surface area contributed by atoms with E-state index in [0.717, 1.165) is 19.1 Å². The first-order valence-corrected chi connectivity index (χ1v) is 9.60. The van der Waals surface area contributed by atoms with Crippen LogP contribution in [0.5, 0.6) is 0 Å². The molecular formula is C17H13F3N2O8S. The fourth-order valence-electron chi connectivity index (χ4n) is 2.56. The first-order chi connectivity index (χ1) is 14.1. The van der Waals surface area contributed by atoms with Crippen LogP contribution in [0.4, 0.5) is 24.5 Å². The van der Waals surface area contributed by atoms with Crippen molar-refractivity contribution in [3.63, 3.8) is 0 Å². The molecule has 1 atom stereocenters. The zero-order valence-corrected chi connectivity index (χ0v) is 16.6. The number of ketones is 1. The molecule has 0 aliphatic heterocycles. The Morgan fingerprint density at radius 1 is 1.03 bits per heavy atom. The van der Waals surface area contributed by atoms with Crippen LogP contribution < -0.4 is 0 Å². The second-order valence-electron chi connectivity index (χ2n) is 6.29. The maximum absolute atomic E-state index is 13.1. The highest BCUT2D eigenvalue weighted by molar-refractivity contribution is 7.86. The van der Waals surface area contributed by atoms with Crippen LogP contribution >= 0.6 is 0 Å². The van der Waals surface area contributed by atoms with E-state index in [4.69, 9.17) is 4.18 Å². The van der Waals surface area contributed by atoms with E-state index in [1.165, 1.54) is 12.1 Å². The lowest BCUT2D eigenvalue weighted by molar-refractivity contribution is -0.396. The van der Waals surface area contributed by atoms with E-state index < -0.39 is 65.4 Å². The Kier molecular flexibility index (Phi) is 6.46. The van der Waals surface area contributed by atoms with E-state index in [0.29, 0.717) is 5.56 Å². The Morgan fingerprint density at radius 3 is 1.84 bits per heavy atom. The van der Waals surface area contributed by atoms with Crippen molar-refractivity contribution in [2.24, 2.45) is 0 Å². The Hall–Kier alpha value is -3.39. The van der Waals surface area contributed by atoms with Gasteiger partial charge in [-0.1, -0.05) is 17.7 Å². The van der Waals surface area contributed by atoms with Gasteiger partial charge < -0.3 is 0 Å². The van der Waals surface area contributed by atoms with Crippen LogP contribution in [0, 0.1) is 27.2 Å². The SMILES string of the molecule is CC(=O)C(OS(=O)(=O)c1ccc(C)cc1)c1c([N+](=O)[O-])cc(C(F)(F)F)cc1[N+](=O)[O-]. The van der Waals surface area contributed by atoms with Crippen molar-refractivity contribution in [3.05, 3.63) is 73.3 Å². The average molecular weight is 462 g/mol. The van der Waals surface area contributed by atoms with Crippen LogP contribution in [-0.4, -0.2) is 24.0 Å². The molecule has 14 heteroatoms. The Balaban J connectivity index is 2.76. The van der Waals surface area contributed by atoms with Gasteiger partial charge in [-0.25, -0.2) is 4.18 Å². The van der Waals surface area contributed by atoms with Gasteiger partial charge in [0.15, 0.2) is 11.9 Å². The van der Waals surface area contributed by atoms with E-state index in [-0.39, 0.29) is 12.1 Å². The number of benzene rings is 2. The summed E-state index contributed by atoms with van der Waals surface area (Å²) in [7, 11) is -4.78. The summed E-state index contributed by atoms with van der Waals surface area (Å²) in [4.78, 5) is 31.6.